The van der Waals surface area contributed by atoms with E-state index in [1.54, 1.807) is 6.08 Å². The van der Waals surface area contributed by atoms with E-state index in [1.165, 1.54) is 180 Å². The minimum atomic E-state index is -4.61. The highest BCUT2D eigenvalue weighted by molar-refractivity contribution is 7.45. The van der Waals surface area contributed by atoms with E-state index in [9.17, 15) is 19.4 Å². The molecule has 0 aromatic heterocycles. The number of quaternary nitrogens is 1. The smallest absolute Gasteiger partial charge is 0.268 e. The van der Waals surface area contributed by atoms with Crippen molar-refractivity contribution in [1.29, 1.82) is 0 Å². The molecule has 0 spiro atoms. The Labute approximate surface area is 458 Å². The third-order valence-corrected chi connectivity index (χ3v) is 14.5. The molecule has 1 amide bonds. The zero-order valence-electron chi connectivity index (χ0n) is 49.0. The highest BCUT2D eigenvalue weighted by Crippen LogP contribution is 2.38. The molecule has 0 fully saturated rings. The molecular formula is C65H119N2O6P. The molecule has 0 saturated heterocycles. The normalized spacial score (nSPS) is 14.4. The number of carbonyl (C=O) groups is 1. The summed E-state index contributed by atoms with van der Waals surface area (Å²) >= 11 is 0. The van der Waals surface area contributed by atoms with Crippen LogP contribution in [0.5, 0.6) is 0 Å². The molecule has 0 aliphatic rings. The molecule has 3 atom stereocenters. The number of hydrogen-bond donors (Lipinski definition) is 2. The monoisotopic (exact) mass is 1050 g/mol. The van der Waals surface area contributed by atoms with Gasteiger partial charge < -0.3 is 28.8 Å². The number of rotatable bonds is 56. The van der Waals surface area contributed by atoms with E-state index in [2.05, 4.69) is 92.1 Å². The third kappa shape index (κ3) is 57.4. The van der Waals surface area contributed by atoms with Gasteiger partial charge in [0.15, 0.2) is 0 Å². The van der Waals surface area contributed by atoms with Gasteiger partial charge in [-0.3, -0.25) is 9.36 Å². The number of unbranched alkanes of at least 4 members (excludes halogenated alkanes) is 31. The van der Waals surface area contributed by atoms with Gasteiger partial charge in [-0.2, -0.15) is 0 Å². The van der Waals surface area contributed by atoms with Crippen molar-refractivity contribution in [2.75, 3.05) is 40.9 Å². The first-order chi connectivity index (χ1) is 36.0. The number of allylic oxidation sites excluding steroid dienone is 13. The third-order valence-electron chi connectivity index (χ3n) is 13.6. The first-order valence-corrected chi connectivity index (χ1v) is 32.4. The zero-order chi connectivity index (χ0) is 54.2. The highest BCUT2D eigenvalue weighted by Gasteiger charge is 2.23. The van der Waals surface area contributed by atoms with Crippen molar-refractivity contribution in [2.24, 2.45) is 0 Å². The summed E-state index contributed by atoms with van der Waals surface area (Å²) in [6, 6.07) is -0.911. The Bertz CT molecular complexity index is 1480. The lowest BCUT2D eigenvalue weighted by atomic mass is 10.0. The summed E-state index contributed by atoms with van der Waals surface area (Å²) in [5.41, 5.74) is 0. The fraction of sp³-hybridized carbons (Fsp3) is 0.769. The number of aliphatic hydroxyl groups excluding tert-OH is 1. The largest absolute Gasteiger partial charge is 0.756 e. The van der Waals surface area contributed by atoms with Gasteiger partial charge in [0.25, 0.3) is 7.82 Å². The minimum Gasteiger partial charge on any atom is -0.756 e. The summed E-state index contributed by atoms with van der Waals surface area (Å²) in [7, 11) is 1.24. The van der Waals surface area contributed by atoms with Gasteiger partial charge in [0.05, 0.1) is 39.9 Å². The lowest BCUT2D eigenvalue weighted by Gasteiger charge is -2.29. The standard InChI is InChI=1S/C65H119N2O6P/c1-6-8-10-12-14-16-18-20-22-23-24-25-26-27-28-29-30-31-32-33-34-35-36-37-38-39-40-41-42-43-45-47-49-51-53-55-57-59-65(69)66-63(62-73-74(70,71)72-61-60-67(3,4)5)64(68)58-56-54-52-50-48-46-44-21-19-17-15-13-11-9-7-2/h8,10,14,16,19-22,24-25,48,50,56,58,63-64,68H,6-7,9,11-13,15,17-18,23,26-47,49,51-55,57,59-62H2,1-5H3,(H-,66,69,70,71)/b10-8-,16-14-,21-19+,22-20-,25-24-,50-48+,58-56+. The van der Waals surface area contributed by atoms with Gasteiger partial charge in [0.1, 0.15) is 13.2 Å². The van der Waals surface area contributed by atoms with Gasteiger partial charge in [-0.25, -0.2) is 0 Å². The number of phosphoric acid groups is 1. The fourth-order valence-electron chi connectivity index (χ4n) is 8.77. The van der Waals surface area contributed by atoms with Crippen molar-refractivity contribution >= 4 is 13.7 Å². The first-order valence-electron chi connectivity index (χ1n) is 30.9. The number of aliphatic hydroxyl groups is 1. The van der Waals surface area contributed by atoms with E-state index in [4.69, 9.17) is 9.05 Å². The van der Waals surface area contributed by atoms with Crippen molar-refractivity contribution in [3.8, 4) is 0 Å². The van der Waals surface area contributed by atoms with Crippen LogP contribution in [0.25, 0.3) is 0 Å². The van der Waals surface area contributed by atoms with Gasteiger partial charge in [-0.1, -0.05) is 266 Å². The van der Waals surface area contributed by atoms with E-state index in [1.807, 2.05) is 27.2 Å². The second-order valence-electron chi connectivity index (χ2n) is 22.0. The van der Waals surface area contributed by atoms with Gasteiger partial charge in [-0.05, 0) is 83.5 Å². The van der Waals surface area contributed by atoms with Crippen LogP contribution in [-0.4, -0.2) is 68.5 Å². The Balaban J connectivity index is 3.98. The number of likely N-dealkylation sites (N-methyl/N-ethyl adjacent to an activating group) is 1. The predicted octanol–water partition coefficient (Wildman–Crippen LogP) is 18.6. The molecule has 430 valence electrons. The summed E-state index contributed by atoms with van der Waals surface area (Å²) in [6.45, 7) is 4.50. The molecule has 0 radical (unpaired) electrons. The van der Waals surface area contributed by atoms with Crippen LogP contribution in [0.4, 0.5) is 0 Å². The Morgan fingerprint density at radius 1 is 0.486 bits per heavy atom. The Hall–Kier alpha value is -2.32. The van der Waals surface area contributed by atoms with E-state index in [-0.39, 0.29) is 12.5 Å². The number of amides is 1. The van der Waals surface area contributed by atoms with Crippen LogP contribution in [0, 0.1) is 0 Å². The van der Waals surface area contributed by atoms with Gasteiger partial charge in [0, 0.05) is 6.42 Å². The minimum absolute atomic E-state index is 0.0100. The first kappa shape index (κ1) is 71.7. The van der Waals surface area contributed by atoms with Crippen LogP contribution in [-0.2, 0) is 18.4 Å². The second kappa shape index (κ2) is 55.4. The molecule has 0 heterocycles. The molecule has 0 aliphatic carbocycles. The lowest BCUT2D eigenvalue weighted by molar-refractivity contribution is -0.870. The molecule has 0 saturated carbocycles. The van der Waals surface area contributed by atoms with Gasteiger partial charge >= 0.3 is 0 Å². The predicted molar refractivity (Wildman–Crippen MR) is 320 cm³/mol. The van der Waals surface area contributed by atoms with Crippen molar-refractivity contribution in [1.82, 2.24) is 5.32 Å². The number of nitrogens with zero attached hydrogens (tertiary/aromatic N) is 1. The number of carbonyl (C=O) groups excluding carboxylic acids is 1. The molecule has 74 heavy (non-hydrogen) atoms. The van der Waals surface area contributed by atoms with Crippen LogP contribution in [0.3, 0.4) is 0 Å². The van der Waals surface area contributed by atoms with E-state index in [0.29, 0.717) is 17.4 Å². The van der Waals surface area contributed by atoms with Crippen LogP contribution in [0.15, 0.2) is 85.1 Å². The molecule has 9 heteroatoms. The fourth-order valence-corrected chi connectivity index (χ4v) is 9.49. The average Bonchev–Trinajstić information content (AvgIpc) is 3.36. The van der Waals surface area contributed by atoms with Crippen molar-refractivity contribution in [2.45, 2.75) is 283 Å². The summed E-state index contributed by atoms with van der Waals surface area (Å²) in [5, 5.41) is 13.8. The van der Waals surface area contributed by atoms with Crippen LogP contribution < -0.4 is 10.2 Å². The van der Waals surface area contributed by atoms with E-state index in [0.717, 1.165) is 70.6 Å². The van der Waals surface area contributed by atoms with Crippen molar-refractivity contribution in [3.63, 3.8) is 0 Å². The Kier molecular flexibility index (Phi) is 53.7. The van der Waals surface area contributed by atoms with Gasteiger partial charge in [0.2, 0.25) is 5.91 Å². The van der Waals surface area contributed by atoms with Crippen molar-refractivity contribution < 1.29 is 32.9 Å². The summed E-state index contributed by atoms with van der Waals surface area (Å²) < 4.78 is 23.3. The molecule has 0 aromatic carbocycles. The molecular weight excluding hydrogens is 936 g/mol. The summed E-state index contributed by atoms with van der Waals surface area (Å²) in [4.78, 5) is 25.5. The Morgan fingerprint density at radius 3 is 1.26 bits per heavy atom. The highest BCUT2D eigenvalue weighted by atomic mass is 31.2. The van der Waals surface area contributed by atoms with E-state index < -0.39 is 26.6 Å². The molecule has 0 rings (SSSR count). The lowest BCUT2D eigenvalue weighted by Crippen LogP contribution is -2.45. The summed E-state index contributed by atoms with van der Waals surface area (Å²) in [5.74, 6) is -0.210. The average molecular weight is 1060 g/mol. The quantitative estimate of drug-likeness (QED) is 0.0272. The van der Waals surface area contributed by atoms with Crippen LogP contribution >= 0.6 is 7.82 Å². The molecule has 8 nitrogen and oxygen atoms in total. The molecule has 0 aromatic rings. The summed E-state index contributed by atoms with van der Waals surface area (Å²) in [6.07, 6.45) is 78.4. The topological polar surface area (TPSA) is 108 Å². The number of phosphoric ester groups is 1. The molecule has 3 unspecified atom stereocenters. The molecule has 0 aliphatic heterocycles. The molecule has 0 bridgehead atoms. The SMILES string of the molecule is CC/C=C\C/C=C\C/C=C\C/C=C\CCCCCCCCCCCCCCCCCCCCCCCCCCC(=O)NC(COP(=O)([O-])OCC[N+](C)(C)C)C(O)/C=C/CC/C=C/CC/C=C/CCCCCCC. The maximum atomic E-state index is 13.0. The van der Waals surface area contributed by atoms with Crippen LogP contribution in [0.2, 0.25) is 0 Å². The Morgan fingerprint density at radius 2 is 0.838 bits per heavy atom. The van der Waals surface area contributed by atoms with Gasteiger partial charge in [-0.15, -0.1) is 0 Å². The van der Waals surface area contributed by atoms with Crippen molar-refractivity contribution in [3.05, 3.63) is 85.1 Å². The maximum absolute atomic E-state index is 13.0. The number of nitrogens with one attached hydrogen (secondary N) is 1. The zero-order valence-corrected chi connectivity index (χ0v) is 49.9. The van der Waals surface area contributed by atoms with Crippen LogP contribution in [0.1, 0.15) is 271 Å². The molecule has 2 N–H and O–H groups in total. The number of hydrogen-bond acceptors (Lipinski definition) is 6. The maximum Gasteiger partial charge on any atom is 0.268 e. The second-order valence-corrected chi connectivity index (χ2v) is 23.4. The van der Waals surface area contributed by atoms with E-state index >= 15 is 0 Å².